The number of piperidine rings is 1. The van der Waals surface area contributed by atoms with E-state index in [-0.39, 0.29) is 23.8 Å². The highest BCUT2D eigenvalue weighted by atomic mass is 32.2. The van der Waals surface area contributed by atoms with Crippen LogP contribution in [0.5, 0.6) is 0 Å². The SMILES string of the molecule is CC(C)NC(=O)[C@@H](NC(=O)C1CCN(S(C)(=O)=O)CC1)c1ccccc1. The molecule has 1 aromatic carbocycles. The molecule has 144 valence electrons. The number of carbonyl (C=O) groups excluding carboxylic acids is 2. The third kappa shape index (κ3) is 5.54. The van der Waals surface area contributed by atoms with Crippen LogP contribution in [0.1, 0.15) is 38.3 Å². The molecule has 0 aromatic heterocycles. The first-order valence-corrected chi connectivity index (χ1v) is 10.6. The van der Waals surface area contributed by atoms with Gasteiger partial charge >= 0.3 is 0 Å². The molecule has 0 spiro atoms. The highest BCUT2D eigenvalue weighted by molar-refractivity contribution is 7.88. The molecule has 1 atom stereocenters. The van der Waals surface area contributed by atoms with Crippen LogP contribution in [-0.2, 0) is 19.6 Å². The maximum absolute atomic E-state index is 12.7. The second-order valence-corrected chi connectivity index (χ2v) is 8.93. The van der Waals surface area contributed by atoms with Gasteiger partial charge in [-0.05, 0) is 32.3 Å². The molecule has 0 unspecified atom stereocenters. The van der Waals surface area contributed by atoms with Crippen molar-refractivity contribution in [2.45, 2.75) is 38.8 Å². The minimum Gasteiger partial charge on any atom is -0.352 e. The van der Waals surface area contributed by atoms with E-state index in [1.807, 2.05) is 32.0 Å². The average molecular weight is 381 g/mol. The van der Waals surface area contributed by atoms with Crippen molar-refractivity contribution in [2.24, 2.45) is 5.92 Å². The zero-order valence-corrected chi connectivity index (χ0v) is 16.3. The highest BCUT2D eigenvalue weighted by Gasteiger charge is 2.31. The summed E-state index contributed by atoms with van der Waals surface area (Å²) >= 11 is 0. The van der Waals surface area contributed by atoms with Crippen LogP contribution in [-0.4, -0.2) is 49.9 Å². The van der Waals surface area contributed by atoms with Crippen LogP contribution in [0.2, 0.25) is 0 Å². The predicted octanol–water partition coefficient (Wildman–Crippen LogP) is 1.04. The van der Waals surface area contributed by atoms with Gasteiger partial charge in [0.1, 0.15) is 6.04 Å². The highest BCUT2D eigenvalue weighted by Crippen LogP contribution is 2.21. The Morgan fingerprint density at radius 1 is 1.08 bits per heavy atom. The van der Waals surface area contributed by atoms with Gasteiger partial charge < -0.3 is 10.6 Å². The molecule has 1 heterocycles. The Hall–Kier alpha value is -1.93. The molecular weight excluding hydrogens is 354 g/mol. The largest absolute Gasteiger partial charge is 0.352 e. The van der Waals surface area contributed by atoms with Gasteiger partial charge in [-0.1, -0.05) is 30.3 Å². The summed E-state index contributed by atoms with van der Waals surface area (Å²) < 4.78 is 24.6. The summed E-state index contributed by atoms with van der Waals surface area (Å²) in [5.74, 6) is -0.773. The minimum absolute atomic E-state index is 0.0383. The van der Waals surface area contributed by atoms with Crippen molar-refractivity contribution in [3.8, 4) is 0 Å². The van der Waals surface area contributed by atoms with Crippen molar-refractivity contribution in [1.82, 2.24) is 14.9 Å². The van der Waals surface area contributed by atoms with Crippen LogP contribution in [0.4, 0.5) is 0 Å². The lowest BCUT2D eigenvalue weighted by molar-refractivity contribution is -0.132. The summed E-state index contributed by atoms with van der Waals surface area (Å²) in [7, 11) is -3.23. The molecule has 2 amide bonds. The van der Waals surface area contributed by atoms with Gasteiger partial charge in [-0.3, -0.25) is 9.59 Å². The van der Waals surface area contributed by atoms with Crippen LogP contribution in [0, 0.1) is 5.92 Å². The smallest absolute Gasteiger partial charge is 0.247 e. The van der Waals surface area contributed by atoms with E-state index < -0.39 is 16.1 Å². The molecule has 1 fully saturated rings. The summed E-state index contributed by atoms with van der Waals surface area (Å²) in [4.78, 5) is 25.2. The zero-order valence-electron chi connectivity index (χ0n) is 15.4. The number of carbonyl (C=O) groups is 2. The first-order valence-electron chi connectivity index (χ1n) is 8.79. The average Bonchev–Trinajstić information content (AvgIpc) is 2.59. The standard InChI is InChI=1S/C18H27N3O4S/c1-13(2)19-18(23)16(14-7-5-4-6-8-14)20-17(22)15-9-11-21(12-10-15)26(3,24)25/h4-8,13,15-16H,9-12H2,1-3H3,(H,19,23)(H,20,22)/t16-/m0/s1. The summed E-state index contributed by atoms with van der Waals surface area (Å²) in [6.07, 6.45) is 2.08. The fourth-order valence-electron chi connectivity index (χ4n) is 3.02. The van der Waals surface area contributed by atoms with Crippen molar-refractivity contribution in [1.29, 1.82) is 0 Å². The van der Waals surface area contributed by atoms with Crippen molar-refractivity contribution < 1.29 is 18.0 Å². The number of amides is 2. The van der Waals surface area contributed by atoms with Crippen molar-refractivity contribution in [3.63, 3.8) is 0 Å². The molecule has 0 saturated carbocycles. The number of hydrogen-bond donors (Lipinski definition) is 2. The fourth-order valence-corrected chi connectivity index (χ4v) is 3.90. The maximum Gasteiger partial charge on any atom is 0.247 e. The Kier molecular flexibility index (Phi) is 6.77. The number of rotatable bonds is 6. The molecule has 2 N–H and O–H groups in total. The van der Waals surface area contributed by atoms with E-state index in [1.165, 1.54) is 10.6 Å². The number of hydrogen-bond acceptors (Lipinski definition) is 4. The lowest BCUT2D eigenvalue weighted by Crippen LogP contribution is -2.47. The lowest BCUT2D eigenvalue weighted by atomic mass is 9.96. The van der Waals surface area contributed by atoms with E-state index in [1.54, 1.807) is 12.1 Å². The van der Waals surface area contributed by atoms with Gasteiger partial charge in [0.25, 0.3) is 0 Å². The third-order valence-electron chi connectivity index (χ3n) is 4.41. The molecular formula is C18H27N3O4S. The van der Waals surface area contributed by atoms with Crippen LogP contribution >= 0.6 is 0 Å². The molecule has 2 rings (SSSR count). The van der Waals surface area contributed by atoms with Crippen LogP contribution in [0.25, 0.3) is 0 Å². The molecule has 1 aliphatic rings. The van der Waals surface area contributed by atoms with Crippen molar-refractivity contribution >= 4 is 21.8 Å². The third-order valence-corrected chi connectivity index (χ3v) is 5.71. The van der Waals surface area contributed by atoms with Crippen LogP contribution in [0.15, 0.2) is 30.3 Å². The Labute approximate surface area is 155 Å². The monoisotopic (exact) mass is 381 g/mol. The normalized spacial score (nSPS) is 17.7. The van der Waals surface area contributed by atoms with Gasteiger partial charge in [0.2, 0.25) is 21.8 Å². The molecule has 1 aliphatic heterocycles. The van der Waals surface area contributed by atoms with Crippen molar-refractivity contribution in [2.75, 3.05) is 19.3 Å². The molecule has 1 aromatic rings. The lowest BCUT2D eigenvalue weighted by Gasteiger charge is -2.30. The Morgan fingerprint density at radius 3 is 2.15 bits per heavy atom. The molecule has 0 aliphatic carbocycles. The van der Waals surface area contributed by atoms with E-state index in [0.717, 1.165) is 0 Å². The fraction of sp³-hybridized carbons (Fsp3) is 0.556. The molecule has 1 saturated heterocycles. The van der Waals surface area contributed by atoms with Crippen LogP contribution < -0.4 is 10.6 Å². The molecule has 8 heteroatoms. The predicted molar refractivity (Wildman–Crippen MR) is 99.7 cm³/mol. The van der Waals surface area contributed by atoms with E-state index in [4.69, 9.17) is 0 Å². The summed E-state index contributed by atoms with van der Waals surface area (Å²) in [5, 5.41) is 5.68. The van der Waals surface area contributed by atoms with Crippen molar-refractivity contribution in [3.05, 3.63) is 35.9 Å². The zero-order chi connectivity index (χ0) is 19.3. The maximum atomic E-state index is 12.7. The van der Waals surface area contributed by atoms with E-state index in [0.29, 0.717) is 31.5 Å². The number of sulfonamides is 1. The Bertz CT molecular complexity index is 726. The second-order valence-electron chi connectivity index (χ2n) is 6.95. The first kappa shape index (κ1) is 20.4. The van der Waals surface area contributed by atoms with E-state index in [9.17, 15) is 18.0 Å². The number of nitrogens with zero attached hydrogens (tertiary/aromatic N) is 1. The van der Waals surface area contributed by atoms with Gasteiger partial charge in [-0.25, -0.2) is 12.7 Å². The second kappa shape index (κ2) is 8.64. The topological polar surface area (TPSA) is 95.6 Å². The van der Waals surface area contributed by atoms with E-state index >= 15 is 0 Å². The molecule has 26 heavy (non-hydrogen) atoms. The minimum atomic E-state index is -3.23. The number of benzene rings is 1. The Morgan fingerprint density at radius 2 is 1.65 bits per heavy atom. The molecule has 7 nitrogen and oxygen atoms in total. The van der Waals surface area contributed by atoms with Gasteiger partial charge in [-0.15, -0.1) is 0 Å². The number of nitrogens with one attached hydrogen (secondary N) is 2. The van der Waals surface area contributed by atoms with Gasteiger partial charge in [0.15, 0.2) is 0 Å². The van der Waals surface area contributed by atoms with Gasteiger partial charge in [0, 0.05) is 25.0 Å². The van der Waals surface area contributed by atoms with Gasteiger partial charge in [-0.2, -0.15) is 0 Å². The summed E-state index contributed by atoms with van der Waals surface area (Å²) in [6, 6.07) is 8.30. The summed E-state index contributed by atoms with van der Waals surface area (Å²) in [6.45, 7) is 4.38. The quantitative estimate of drug-likeness (QED) is 0.770. The summed E-state index contributed by atoms with van der Waals surface area (Å²) in [5.41, 5.74) is 0.715. The van der Waals surface area contributed by atoms with E-state index in [2.05, 4.69) is 10.6 Å². The Balaban J connectivity index is 2.06. The first-order chi connectivity index (χ1) is 12.2. The van der Waals surface area contributed by atoms with Crippen LogP contribution in [0.3, 0.4) is 0 Å². The van der Waals surface area contributed by atoms with Gasteiger partial charge in [0.05, 0.1) is 6.26 Å². The molecule has 0 radical (unpaired) electrons. The molecule has 0 bridgehead atoms.